The van der Waals surface area contributed by atoms with Gasteiger partial charge in [0.1, 0.15) is 13.2 Å². The average molecular weight is 311 g/mol. The first kappa shape index (κ1) is 15.5. The molecule has 1 aliphatic heterocycles. The number of benzene rings is 1. The van der Waals surface area contributed by atoms with E-state index in [2.05, 4.69) is 5.32 Å². The van der Waals surface area contributed by atoms with Crippen LogP contribution in [0, 0.1) is 0 Å². The number of alkyl halides is 1. The molecule has 0 spiro atoms. The van der Waals surface area contributed by atoms with E-state index in [1.165, 1.54) is 0 Å². The lowest BCUT2D eigenvalue weighted by Gasteiger charge is -2.13. The molecule has 1 aromatic carbocycles. The predicted octanol–water partition coefficient (Wildman–Crippen LogP) is 0.654. The van der Waals surface area contributed by atoms with Gasteiger partial charge in [0, 0.05) is 19.0 Å². The normalized spacial score (nSPS) is 13.5. The summed E-state index contributed by atoms with van der Waals surface area (Å²) in [5.41, 5.74) is 0.637. The maximum atomic E-state index is 12.0. The van der Waals surface area contributed by atoms with Crippen molar-refractivity contribution in [2.24, 2.45) is 0 Å². The van der Waals surface area contributed by atoms with Crippen LogP contribution in [0.2, 0.25) is 0 Å². The van der Waals surface area contributed by atoms with Crippen LogP contribution in [0.25, 0.3) is 0 Å². The Morgan fingerprint density at radius 3 is 2.33 bits per heavy atom. The summed E-state index contributed by atoms with van der Waals surface area (Å²) in [6.45, 7) is 0.888. The smallest absolute Gasteiger partial charge is 0.326 e. The summed E-state index contributed by atoms with van der Waals surface area (Å²) in [7, 11) is 0. The second kappa shape index (κ2) is 7.19. The third kappa shape index (κ3) is 3.59. The molecule has 2 amide bonds. The molecule has 2 rings (SSSR count). The maximum Gasteiger partial charge on any atom is 0.326 e. The Kier molecular flexibility index (Phi) is 5.30. The number of rotatable bonds is 7. The van der Waals surface area contributed by atoms with Gasteiger partial charge >= 0.3 is 5.97 Å². The van der Waals surface area contributed by atoms with Gasteiger partial charge in [-0.1, -0.05) is 12.1 Å². The molecule has 1 aromatic rings. The highest BCUT2D eigenvalue weighted by molar-refractivity contribution is 6.22. The van der Waals surface area contributed by atoms with Crippen LogP contribution in [0.3, 0.4) is 0 Å². The van der Waals surface area contributed by atoms with Crippen molar-refractivity contribution < 1.29 is 19.1 Å². The molecule has 0 fully saturated rings. The number of amides is 2. The van der Waals surface area contributed by atoms with Crippen molar-refractivity contribution in [3.8, 4) is 0 Å². The van der Waals surface area contributed by atoms with Crippen LogP contribution in [-0.2, 0) is 9.53 Å². The van der Waals surface area contributed by atoms with Crippen LogP contribution < -0.4 is 5.32 Å². The molecule has 0 atom stereocenters. The van der Waals surface area contributed by atoms with Crippen molar-refractivity contribution in [3.05, 3.63) is 35.4 Å². The van der Waals surface area contributed by atoms with Crippen LogP contribution >= 0.6 is 11.6 Å². The first-order valence-electron chi connectivity index (χ1n) is 6.52. The molecule has 0 aromatic heterocycles. The molecule has 1 N–H and O–H groups in total. The molecule has 0 radical (unpaired) electrons. The minimum Gasteiger partial charge on any atom is -0.463 e. The molecular weight excluding hydrogens is 296 g/mol. The van der Waals surface area contributed by atoms with Crippen molar-refractivity contribution in [2.75, 3.05) is 32.1 Å². The third-order valence-corrected chi connectivity index (χ3v) is 3.17. The lowest BCUT2D eigenvalue weighted by atomic mass is 10.1. The molecular formula is C14H15ClN2O4. The Balaban J connectivity index is 1.86. The summed E-state index contributed by atoms with van der Waals surface area (Å²) in [4.78, 5) is 36.6. The minimum absolute atomic E-state index is 0.166. The Morgan fingerprint density at radius 1 is 1.14 bits per heavy atom. The van der Waals surface area contributed by atoms with Gasteiger partial charge in [-0.2, -0.15) is 0 Å². The number of hydrogen-bond acceptors (Lipinski definition) is 5. The molecule has 1 aliphatic rings. The number of nitrogens with zero attached hydrogens (tertiary/aromatic N) is 1. The minimum atomic E-state index is -0.614. The molecule has 0 saturated carbocycles. The Bertz CT molecular complexity index is 527. The zero-order valence-electron chi connectivity index (χ0n) is 11.3. The van der Waals surface area contributed by atoms with Gasteiger partial charge in [-0.25, -0.2) is 0 Å². The number of fused-ring (bicyclic) bond motifs is 1. The van der Waals surface area contributed by atoms with E-state index in [0.717, 1.165) is 4.90 Å². The maximum absolute atomic E-state index is 12.0. The number of carbonyl (C=O) groups excluding carboxylic acids is 3. The molecule has 0 saturated heterocycles. The highest BCUT2D eigenvalue weighted by Crippen LogP contribution is 2.21. The Hall–Kier alpha value is -1.92. The number of halogens is 1. The Morgan fingerprint density at radius 2 is 1.76 bits per heavy atom. The molecule has 21 heavy (non-hydrogen) atoms. The van der Waals surface area contributed by atoms with Gasteiger partial charge in [0.2, 0.25) is 0 Å². The summed E-state index contributed by atoms with van der Waals surface area (Å²) in [6, 6.07) is 6.48. The monoisotopic (exact) mass is 310 g/mol. The van der Waals surface area contributed by atoms with E-state index in [9.17, 15) is 14.4 Å². The number of ether oxygens (including phenoxy) is 1. The standard InChI is InChI=1S/C14H15ClN2O4/c15-5-6-16-7-8-21-12(18)9-17-13(19)10-3-1-2-4-11(10)14(17)20/h1-4,16H,5-9H2. The molecule has 0 bridgehead atoms. The van der Waals surface area contributed by atoms with Gasteiger partial charge in [0.05, 0.1) is 11.1 Å². The highest BCUT2D eigenvalue weighted by Gasteiger charge is 2.36. The van der Waals surface area contributed by atoms with Crippen LogP contribution in [-0.4, -0.2) is 54.8 Å². The number of esters is 1. The molecule has 112 valence electrons. The number of imide groups is 1. The van der Waals surface area contributed by atoms with Crippen molar-refractivity contribution in [1.82, 2.24) is 10.2 Å². The molecule has 0 unspecified atom stereocenters. The summed E-state index contributed by atoms with van der Waals surface area (Å²) in [5.74, 6) is -1.07. The van der Waals surface area contributed by atoms with E-state index in [4.69, 9.17) is 16.3 Å². The van der Waals surface area contributed by atoms with E-state index in [-0.39, 0.29) is 13.2 Å². The SMILES string of the molecule is O=C(CN1C(=O)c2ccccc2C1=O)OCCNCCCl. The molecule has 6 nitrogen and oxygen atoms in total. The first-order valence-corrected chi connectivity index (χ1v) is 7.06. The second-order valence-corrected chi connectivity index (χ2v) is 4.78. The number of hydrogen-bond donors (Lipinski definition) is 1. The van der Waals surface area contributed by atoms with Crippen LogP contribution in [0.15, 0.2) is 24.3 Å². The van der Waals surface area contributed by atoms with E-state index >= 15 is 0 Å². The average Bonchev–Trinajstić information content (AvgIpc) is 2.73. The van der Waals surface area contributed by atoms with Crippen LogP contribution in [0.4, 0.5) is 0 Å². The van der Waals surface area contributed by atoms with Crippen molar-refractivity contribution in [1.29, 1.82) is 0 Å². The zero-order valence-corrected chi connectivity index (χ0v) is 12.1. The quantitative estimate of drug-likeness (QED) is 0.346. The predicted molar refractivity (Wildman–Crippen MR) is 76.4 cm³/mol. The summed E-state index contributed by atoms with van der Waals surface area (Å²) < 4.78 is 4.96. The van der Waals surface area contributed by atoms with Gasteiger partial charge in [-0.3, -0.25) is 19.3 Å². The van der Waals surface area contributed by atoms with E-state index in [1.54, 1.807) is 24.3 Å². The molecule has 0 aliphatic carbocycles. The Labute approximate surface area is 127 Å². The first-order chi connectivity index (χ1) is 10.1. The highest BCUT2D eigenvalue weighted by atomic mass is 35.5. The third-order valence-electron chi connectivity index (χ3n) is 2.98. The summed E-state index contributed by atoms with van der Waals surface area (Å²) in [6.07, 6.45) is 0. The fourth-order valence-corrected chi connectivity index (χ4v) is 2.12. The molecule has 1 heterocycles. The topological polar surface area (TPSA) is 75.7 Å². The van der Waals surface area contributed by atoms with E-state index in [0.29, 0.717) is 30.1 Å². The lowest BCUT2D eigenvalue weighted by molar-refractivity contribution is -0.143. The molecule has 7 heteroatoms. The van der Waals surface area contributed by atoms with Gasteiger partial charge < -0.3 is 10.1 Å². The van der Waals surface area contributed by atoms with Gasteiger partial charge in [0.15, 0.2) is 0 Å². The van der Waals surface area contributed by atoms with Crippen LogP contribution in [0.5, 0.6) is 0 Å². The second-order valence-electron chi connectivity index (χ2n) is 4.40. The number of carbonyl (C=O) groups is 3. The van der Waals surface area contributed by atoms with Crippen molar-refractivity contribution >= 4 is 29.4 Å². The number of nitrogens with one attached hydrogen (secondary N) is 1. The van der Waals surface area contributed by atoms with Gasteiger partial charge in [-0.05, 0) is 12.1 Å². The van der Waals surface area contributed by atoms with Crippen molar-refractivity contribution in [3.63, 3.8) is 0 Å². The summed E-state index contributed by atoms with van der Waals surface area (Å²) in [5, 5.41) is 2.96. The van der Waals surface area contributed by atoms with E-state index < -0.39 is 17.8 Å². The fourth-order valence-electron chi connectivity index (χ4n) is 1.99. The lowest BCUT2D eigenvalue weighted by Crippen LogP contribution is -2.36. The van der Waals surface area contributed by atoms with Gasteiger partial charge in [-0.15, -0.1) is 11.6 Å². The largest absolute Gasteiger partial charge is 0.463 e. The summed E-state index contributed by atoms with van der Waals surface area (Å²) >= 11 is 5.48. The van der Waals surface area contributed by atoms with Gasteiger partial charge in [0.25, 0.3) is 11.8 Å². The van der Waals surface area contributed by atoms with E-state index in [1.807, 2.05) is 0 Å². The van der Waals surface area contributed by atoms with Crippen LogP contribution in [0.1, 0.15) is 20.7 Å². The fraction of sp³-hybridized carbons (Fsp3) is 0.357. The zero-order chi connectivity index (χ0) is 15.2. The van der Waals surface area contributed by atoms with Crippen molar-refractivity contribution in [2.45, 2.75) is 0 Å².